The van der Waals surface area contributed by atoms with Gasteiger partial charge in [-0.2, -0.15) is 0 Å². The van der Waals surface area contributed by atoms with Gasteiger partial charge >= 0.3 is 0 Å². The van der Waals surface area contributed by atoms with E-state index in [4.69, 9.17) is 0 Å². The second kappa shape index (κ2) is 8.12. The van der Waals surface area contributed by atoms with Crippen molar-refractivity contribution < 1.29 is 10.2 Å². The van der Waals surface area contributed by atoms with Gasteiger partial charge in [-0.1, -0.05) is 39.5 Å². The number of hydrogen-bond donors (Lipinski definition) is 2. The molecule has 2 heteroatoms. The van der Waals surface area contributed by atoms with E-state index in [1.165, 1.54) is 77.0 Å². The summed E-state index contributed by atoms with van der Waals surface area (Å²) in [5.74, 6) is 6.49. The fourth-order valence-corrected chi connectivity index (χ4v) is 10.1. The first-order valence-electron chi connectivity index (χ1n) is 13.4. The third kappa shape index (κ3) is 3.25. The first-order valence-corrected chi connectivity index (χ1v) is 13.4. The smallest absolute Gasteiger partial charge is 0.0566 e. The van der Waals surface area contributed by atoms with Gasteiger partial charge in [0, 0.05) is 0 Å². The third-order valence-corrected chi connectivity index (χ3v) is 11.1. The summed E-state index contributed by atoms with van der Waals surface area (Å²) in [5.41, 5.74) is 0.527. The molecule has 0 saturated heterocycles. The maximum Gasteiger partial charge on any atom is 0.0566 e. The average molecular weight is 403 g/mol. The maximum atomic E-state index is 10.5. The van der Waals surface area contributed by atoms with E-state index in [0.29, 0.717) is 17.3 Å². The van der Waals surface area contributed by atoms with E-state index >= 15 is 0 Å². The molecule has 0 bridgehead atoms. The van der Waals surface area contributed by atoms with E-state index in [1.807, 2.05) is 0 Å². The minimum absolute atomic E-state index is 0.0684. The first kappa shape index (κ1) is 20.8. The van der Waals surface area contributed by atoms with Gasteiger partial charge < -0.3 is 10.2 Å². The van der Waals surface area contributed by atoms with Crippen LogP contribution in [0.3, 0.4) is 0 Å². The van der Waals surface area contributed by atoms with Gasteiger partial charge in [0.25, 0.3) is 0 Å². The zero-order valence-corrected chi connectivity index (χ0v) is 19.1. The Morgan fingerprint density at radius 2 is 0.966 bits per heavy atom. The predicted octanol–water partition coefficient (Wildman–Crippen LogP) is 6.19. The summed E-state index contributed by atoms with van der Waals surface area (Å²) >= 11 is 0. The molecule has 10 atom stereocenters. The lowest BCUT2D eigenvalue weighted by Gasteiger charge is -2.58. The molecule has 5 aliphatic rings. The van der Waals surface area contributed by atoms with Crippen molar-refractivity contribution in [1.82, 2.24) is 0 Å². The van der Waals surface area contributed by atoms with E-state index in [2.05, 4.69) is 13.8 Å². The minimum Gasteiger partial charge on any atom is -0.393 e. The Morgan fingerprint density at radius 3 is 1.38 bits per heavy atom. The molecule has 0 aromatic rings. The summed E-state index contributed by atoms with van der Waals surface area (Å²) in [6, 6.07) is 0. The Bertz CT molecular complexity index is 523. The van der Waals surface area contributed by atoms with Crippen molar-refractivity contribution in [3.63, 3.8) is 0 Å². The summed E-state index contributed by atoms with van der Waals surface area (Å²) in [7, 11) is 0. The maximum absolute atomic E-state index is 10.5. The van der Waals surface area contributed by atoms with Crippen LogP contribution in [-0.2, 0) is 0 Å². The zero-order chi connectivity index (χ0) is 20.2. The molecule has 2 nitrogen and oxygen atoms in total. The van der Waals surface area contributed by atoms with Crippen LogP contribution >= 0.6 is 0 Å². The lowest BCUT2D eigenvalue weighted by atomic mass is 9.47. The normalized spacial score (nSPS) is 55.9. The van der Waals surface area contributed by atoms with Crippen LogP contribution in [0.25, 0.3) is 0 Å². The molecular formula is C27H46O2. The van der Waals surface area contributed by atoms with Gasteiger partial charge in [0.15, 0.2) is 0 Å². The van der Waals surface area contributed by atoms with E-state index in [1.54, 1.807) is 0 Å². The molecule has 0 radical (unpaired) electrons. The quantitative estimate of drug-likeness (QED) is 0.578. The van der Waals surface area contributed by atoms with Crippen molar-refractivity contribution in [2.45, 2.75) is 116 Å². The largest absolute Gasteiger partial charge is 0.393 e. The Kier molecular flexibility index (Phi) is 5.82. The van der Waals surface area contributed by atoms with Crippen LogP contribution in [0.4, 0.5) is 0 Å². The summed E-state index contributed by atoms with van der Waals surface area (Å²) in [4.78, 5) is 0. The van der Waals surface area contributed by atoms with Crippen LogP contribution < -0.4 is 0 Å². The van der Waals surface area contributed by atoms with Crippen LogP contribution in [0.1, 0.15) is 104 Å². The fraction of sp³-hybridized carbons (Fsp3) is 1.00. The second-order valence-corrected chi connectivity index (χ2v) is 12.2. The van der Waals surface area contributed by atoms with Crippen molar-refractivity contribution in [3.05, 3.63) is 0 Å². The highest BCUT2D eigenvalue weighted by Gasteiger charge is 2.65. The van der Waals surface area contributed by atoms with Crippen molar-refractivity contribution >= 4 is 0 Å². The third-order valence-electron chi connectivity index (χ3n) is 11.1. The van der Waals surface area contributed by atoms with E-state index in [9.17, 15) is 10.2 Å². The lowest BCUT2D eigenvalue weighted by molar-refractivity contribution is -0.111. The first-order chi connectivity index (χ1) is 14.0. The van der Waals surface area contributed by atoms with Gasteiger partial charge in [-0.3, -0.25) is 0 Å². The fourth-order valence-electron chi connectivity index (χ4n) is 10.1. The van der Waals surface area contributed by atoms with Gasteiger partial charge in [0.1, 0.15) is 0 Å². The molecule has 0 amide bonds. The van der Waals surface area contributed by atoms with Gasteiger partial charge in [0.05, 0.1) is 12.2 Å². The summed E-state index contributed by atoms with van der Waals surface area (Å²) < 4.78 is 0. The lowest BCUT2D eigenvalue weighted by Crippen LogP contribution is -2.52. The highest BCUT2D eigenvalue weighted by atomic mass is 16.3. The summed E-state index contributed by atoms with van der Waals surface area (Å²) in [6.07, 6.45) is 18.8. The monoisotopic (exact) mass is 402 g/mol. The van der Waals surface area contributed by atoms with Crippen LogP contribution in [0.5, 0.6) is 0 Å². The molecule has 0 spiro atoms. The van der Waals surface area contributed by atoms with Gasteiger partial charge in [-0.15, -0.1) is 0 Å². The van der Waals surface area contributed by atoms with Crippen LogP contribution in [0, 0.1) is 52.8 Å². The van der Waals surface area contributed by atoms with Gasteiger partial charge in [-0.05, 0) is 117 Å². The van der Waals surface area contributed by atoms with E-state index < -0.39 is 0 Å². The molecule has 9 unspecified atom stereocenters. The Hall–Kier alpha value is -0.0800. The van der Waals surface area contributed by atoms with Gasteiger partial charge in [-0.25, -0.2) is 0 Å². The molecule has 5 saturated carbocycles. The molecule has 5 fully saturated rings. The second-order valence-electron chi connectivity index (χ2n) is 12.2. The van der Waals surface area contributed by atoms with Crippen molar-refractivity contribution in [2.75, 3.05) is 0 Å². The van der Waals surface area contributed by atoms with Crippen molar-refractivity contribution in [2.24, 2.45) is 52.8 Å². The van der Waals surface area contributed by atoms with E-state index in [-0.39, 0.29) is 12.2 Å². The van der Waals surface area contributed by atoms with Crippen LogP contribution in [-0.4, -0.2) is 22.4 Å². The van der Waals surface area contributed by atoms with Crippen molar-refractivity contribution in [1.29, 1.82) is 0 Å². The molecule has 5 rings (SSSR count). The molecule has 2 N–H and O–H groups in total. The molecule has 0 aromatic heterocycles. The summed E-state index contributed by atoms with van der Waals surface area (Å²) in [6.45, 7) is 4.65. The Balaban J connectivity index is 1.57. The molecule has 166 valence electrons. The number of fused-ring (bicyclic) bond motifs is 3. The highest BCUT2D eigenvalue weighted by Crippen LogP contribution is 2.72. The molecule has 29 heavy (non-hydrogen) atoms. The topological polar surface area (TPSA) is 40.5 Å². The molecule has 0 heterocycles. The predicted molar refractivity (Wildman–Crippen MR) is 118 cm³/mol. The van der Waals surface area contributed by atoms with Gasteiger partial charge in [0.2, 0.25) is 0 Å². The minimum atomic E-state index is -0.0684. The van der Waals surface area contributed by atoms with Crippen molar-refractivity contribution in [3.8, 4) is 0 Å². The average Bonchev–Trinajstić information content (AvgIpc) is 3.04. The number of aliphatic hydroxyl groups excluding tert-OH is 2. The number of rotatable bonds is 2. The van der Waals surface area contributed by atoms with Crippen LogP contribution in [0.15, 0.2) is 0 Å². The van der Waals surface area contributed by atoms with Crippen LogP contribution in [0.2, 0.25) is 0 Å². The number of aliphatic hydroxyl groups is 2. The highest BCUT2D eigenvalue weighted by molar-refractivity contribution is 5.14. The molecule has 0 aromatic carbocycles. The number of hydrogen-bond acceptors (Lipinski definition) is 2. The zero-order valence-electron chi connectivity index (χ0n) is 19.1. The molecular weight excluding hydrogens is 356 g/mol. The Labute approximate surface area is 179 Å². The summed E-state index contributed by atoms with van der Waals surface area (Å²) in [5, 5.41) is 21.1. The van der Waals surface area contributed by atoms with E-state index in [0.717, 1.165) is 48.3 Å². The standard InChI is InChI=1S/C27H46O2/c1-17-15-19(11-13-25(17)28)27(20-12-14-26(29)18(2)16-20)23-9-5-3-7-21(23)22-8-4-6-10-24(22)27/h17-26,28-29H,3-16H2,1-2H3/t17?,18?,19?,20?,21-,22?,23?,24?,25?,26?,27?/m1/s1. The SMILES string of the molecule is CC1CC(C2(C3CCC(O)C(C)C3)C3CCCCC3[C@H]3CCCCC32)CCC1O. The molecule has 0 aliphatic heterocycles. The molecule has 5 aliphatic carbocycles. The Morgan fingerprint density at radius 1 is 0.552 bits per heavy atom.